The fourth-order valence-electron chi connectivity index (χ4n) is 3.80. The SMILES string of the molecule is CCCNC(=O)[C@H]1CN([C@H](C(=O)N(CC)CC)c2ccccc2)c2ccccc2O1. The van der Waals surface area contributed by atoms with E-state index >= 15 is 0 Å². The number of anilines is 1. The normalized spacial score (nSPS) is 16.2. The molecule has 0 saturated heterocycles. The third-order valence-electron chi connectivity index (χ3n) is 5.38. The Hall–Kier alpha value is -3.02. The van der Waals surface area contributed by atoms with Crippen molar-refractivity contribution in [2.45, 2.75) is 39.3 Å². The molecular formula is C24H31N3O3. The molecule has 2 amide bonds. The highest BCUT2D eigenvalue weighted by Gasteiger charge is 2.38. The summed E-state index contributed by atoms with van der Waals surface area (Å²) in [6, 6.07) is 16.8. The van der Waals surface area contributed by atoms with Gasteiger partial charge in [0.1, 0.15) is 11.8 Å². The first-order chi connectivity index (χ1) is 14.6. The van der Waals surface area contributed by atoms with E-state index < -0.39 is 12.1 Å². The number of likely N-dealkylation sites (N-methyl/N-ethyl adjacent to an activating group) is 1. The van der Waals surface area contributed by atoms with E-state index in [0.717, 1.165) is 17.7 Å². The third-order valence-corrected chi connectivity index (χ3v) is 5.38. The molecule has 1 aliphatic heterocycles. The number of rotatable bonds is 8. The van der Waals surface area contributed by atoms with E-state index in [1.807, 2.05) is 85.2 Å². The highest BCUT2D eigenvalue weighted by atomic mass is 16.5. The van der Waals surface area contributed by atoms with E-state index in [4.69, 9.17) is 4.74 Å². The van der Waals surface area contributed by atoms with Gasteiger partial charge in [0.25, 0.3) is 5.91 Å². The lowest BCUT2D eigenvalue weighted by Gasteiger charge is -2.41. The smallest absolute Gasteiger partial charge is 0.262 e. The van der Waals surface area contributed by atoms with Gasteiger partial charge in [-0.05, 0) is 38.0 Å². The molecule has 160 valence electrons. The average molecular weight is 410 g/mol. The van der Waals surface area contributed by atoms with Crippen LogP contribution in [-0.4, -0.2) is 49.0 Å². The van der Waals surface area contributed by atoms with Crippen molar-refractivity contribution in [1.82, 2.24) is 10.2 Å². The summed E-state index contributed by atoms with van der Waals surface area (Å²) in [5, 5.41) is 2.92. The zero-order valence-corrected chi connectivity index (χ0v) is 18.0. The number of carbonyl (C=O) groups excluding carboxylic acids is 2. The van der Waals surface area contributed by atoms with Crippen molar-refractivity contribution in [1.29, 1.82) is 0 Å². The van der Waals surface area contributed by atoms with Crippen LogP contribution in [0.3, 0.4) is 0 Å². The van der Waals surface area contributed by atoms with Crippen molar-refractivity contribution in [2.75, 3.05) is 31.1 Å². The van der Waals surface area contributed by atoms with Gasteiger partial charge in [-0.25, -0.2) is 0 Å². The van der Waals surface area contributed by atoms with Crippen molar-refractivity contribution < 1.29 is 14.3 Å². The summed E-state index contributed by atoms with van der Waals surface area (Å²) in [7, 11) is 0. The number of hydrogen-bond donors (Lipinski definition) is 1. The molecule has 0 saturated carbocycles. The zero-order valence-electron chi connectivity index (χ0n) is 18.0. The molecule has 0 fully saturated rings. The van der Waals surface area contributed by atoms with Crippen LogP contribution >= 0.6 is 0 Å². The number of amides is 2. The van der Waals surface area contributed by atoms with Crippen LogP contribution in [0.5, 0.6) is 5.75 Å². The van der Waals surface area contributed by atoms with Crippen LogP contribution in [-0.2, 0) is 9.59 Å². The van der Waals surface area contributed by atoms with Gasteiger partial charge in [-0.15, -0.1) is 0 Å². The molecule has 2 aromatic rings. The highest BCUT2D eigenvalue weighted by molar-refractivity contribution is 5.89. The Morgan fingerprint density at radius 3 is 2.40 bits per heavy atom. The maximum absolute atomic E-state index is 13.6. The predicted molar refractivity (Wildman–Crippen MR) is 119 cm³/mol. The summed E-state index contributed by atoms with van der Waals surface area (Å²) < 4.78 is 6.02. The molecule has 2 aromatic carbocycles. The van der Waals surface area contributed by atoms with Crippen LogP contribution < -0.4 is 15.0 Å². The van der Waals surface area contributed by atoms with Crippen molar-refractivity contribution in [2.24, 2.45) is 0 Å². The first-order valence-corrected chi connectivity index (χ1v) is 10.7. The Bertz CT molecular complexity index is 852. The number of hydrogen-bond acceptors (Lipinski definition) is 4. The molecule has 0 spiro atoms. The fourth-order valence-corrected chi connectivity index (χ4v) is 3.80. The van der Waals surface area contributed by atoms with Gasteiger partial charge in [0, 0.05) is 19.6 Å². The van der Waals surface area contributed by atoms with Gasteiger partial charge in [0.2, 0.25) is 5.91 Å². The van der Waals surface area contributed by atoms with Gasteiger partial charge >= 0.3 is 0 Å². The summed E-state index contributed by atoms with van der Waals surface area (Å²) in [6.07, 6.45) is 0.174. The molecule has 1 heterocycles. The summed E-state index contributed by atoms with van der Waals surface area (Å²) in [5.41, 5.74) is 1.73. The Morgan fingerprint density at radius 2 is 1.73 bits per heavy atom. The Labute approximate surface area is 178 Å². The second kappa shape index (κ2) is 10.1. The molecule has 6 heteroatoms. The standard InChI is InChI=1S/C24H31N3O3/c1-4-16-25-23(28)21-17-27(19-14-10-11-15-20(19)30-21)22(18-12-8-7-9-13-18)24(29)26(5-2)6-3/h7-15,21-22H,4-6,16-17H2,1-3H3,(H,25,28)/t21-,22+/m1/s1. The lowest BCUT2D eigenvalue weighted by atomic mass is 10.0. The fraction of sp³-hybridized carbons (Fsp3) is 0.417. The number of nitrogens with one attached hydrogen (secondary N) is 1. The van der Waals surface area contributed by atoms with Crippen molar-refractivity contribution >= 4 is 17.5 Å². The second-order valence-electron chi connectivity index (χ2n) is 7.34. The van der Waals surface area contributed by atoms with Gasteiger partial charge in [-0.1, -0.05) is 49.4 Å². The van der Waals surface area contributed by atoms with Gasteiger partial charge < -0.3 is 19.9 Å². The Kier molecular flexibility index (Phi) is 7.33. The van der Waals surface area contributed by atoms with Crippen molar-refractivity contribution in [3.05, 3.63) is 60.2 Å². The Morgan fingerprint density at radius 1 is 1.07 bits per heavy atom. The molecule has 2 atom stereocenters. The van der Waals surface area contributed by atoms with E-state index in [1.165, 1.54) is 0 Å². The summed E-state index contributed by atoms with van der Waals surface area (Å²) >= 11 is 0. The molecule has 3 rings (SSSR count). The van der Waals surface area contributed by atoms with Crippen LogP contribution in [0.15, 0.2) is 54.6 Å². The molecule has 0 radical (unpaired) electrons. The second-order valence-corrected chi connectivity index (χ2v) is 7.34. The zero-order chi connectivity index (χ0) is 21.5. The van der Waals surface area contributed by atoms with Crippen LogP contribution in [0.1, 0.15) is 38.8 Å². The topological polar surface area (TPSA) is 61.9 Å². The van der Waals surface area contributed by atoms with Crippen LogP contribution in [0.4, 0.5) is 5.69 Å². The maximum Gasteiger partial charge on any atom is 0.262 e. The van der Waals surface area contributed by atoms with Crippen LogP contribution in [0.2, 0.25) is 0 Å². The lowest BCUT2D eigenvalue weighted by Crippen LogP contribution is -2.53. The minimum atomic E-state index is -0.679. The first-order valence-electron chi connectivity index (χ1n) is 10.7. The number of carbonyl (C=O) groups is 2. The van der Waals surface area contributed by atoms with Gasteiger partial charge in [-0.3, -0.25) is 9.59 Å². The lowest BCUT2D eigenvalue weighted by molar-refractivity contribution is -0.133. The predicted octanol–water partition coefficient (Wildman–Crippen LogP) is 3.39. The number of para-hydroxylation sites is 2. The van der Waals surface area contributed by atoms with Crippen molar-refractivity contribution in [3.8, 4) is 5.75 Å². The van der Waals surface area contributed by atoms with E-state index in [-0.39, 0.29) is 11.8 Å². The molecule has 6 nitrogen and oxygen atoms in total. The molecule has 30 heavy (non-hydrogen) atoms. The summed E-state index contributed by atoms with van der Waals surface area (Å²) in [5.74, 6) is 0.489. The molecule has 0 aliphatic carbocycles. The first kappa shape index (κ1) is 21.7. The van der Waals surface area contributed by atoms with Crippen molar-refractivity contribution in [3.63, 3.8) is 0 Å². The molecule has 0 unspecified atom stereocenters. The Balaban J connectivity index is 2.04. The number of benzene rings is 2. The maximum atomic E-state index is 13.6. The largest absolute Gasteiger partial charge is 0.477 e. The minimum absolute atomic E-state index is 0.0237. The summed E-state index contributed by atoms with van der Waals surface area (Å²) in [4.78, 5) is 30.2. The quantitative estimate of drug-likeness (QED) is 0.726. The van der Waals surface area contributed by atoms with Crippen LogP contribution in [0, 0.1) is 0 Å². The molecular weight excluding hydrogens is 378 g/mol. The monoisotopic (exact) mass is 409 g/mol. The van der Waals surface area contributed by atoms with Gasteiger partial charge in [0.05, 0.1) is 12.2 Å². The van der Waals surface area contributed by atoms with E-state index in [0.29, 0.717) is 31.9 Å². The minimum Gasteiger partial charge on any atom is -0.477 e. The molecule has 0 bridgehead atoms. The number of nitrogens with zero attached hydrogens (tertiary/aromatic N) is 2. The van der Waals surface area contributed by atoms with Crippen LogP contribution in [0.25, 0.3) is 0 Å². The molecule has 1 N–H and O–H groups in total. The number of ether oxygens (including phenoxy) is 1. The highest BCUT2D eigenvalue weighted by Crippen LogP contribution is 2.39. The third kappa shape index (κ3) is 4.58. The van der Waals surface area contributed by atoms with E-state index in [9.17, 15) is 9.59 Å². The summed E-state index contributed by atoms with van der Waals surface area (Å²) in [6.45, 7) is 8.14. The average Bonchev–Trinajstić information content (AvgIpc) is 2.79. The van der Waals surface area contributed by atoms with Gasteiger partial charge in [-0.2, -0.15) is 0 Å². The van der Waals surface area contributed by atoms with E-state index in [1.54, 1.807) is 0 Å². The molecule has 1 aliphatic rings. The van der Waals surface area contributed by atoms with Gasteiger partial charge in [0.15, 0.2) is 6.10 Å². The number of fused-ring (bicyclic) bond motifs is 1. The van der Waals surface area contributed by atoms with E-state index in [2.05, 4.69) is 5.32 Å². The molecule has 0 aromatic heterocycles.